The topological polar surface area (TPSA) is 82.9 Å². The molecule has 1 aliphatic rings. The van der Waals surface area contributed by atoms with Crippen LogP contribution in [0, 0.1) is 11.3 Å². The summed E-state index contributed by atoms with van der Waals surface area (Å²) in [5.41, 5.74) is -1.00. The van der Waals surface area contributed by atoms with Gasteiger partial charge in [0, 0.05) is 5.75 Å². The van der Waals surface area contributed by atoms with E-state index in [9.17, 15) is 8.42 Å². The highest BCUT2D eigenvalue weighted by atomic mass is 35.5. The molecular formula is C8H8ClN3O2S3. The molecular weight excluding hydrogens is 302 g/mol. The number of hydrogen-bond acceptors (Lipinski definition) is 6. The molecule has 1 aromatic heterocycles. The molecule has 0 spiro atoms. The van der Waals surface area contributed by atoms with Crippen LogP contribution in [0.2, 0.25) is 4.47 Å². The number of thioether (sulfide) groups is 1. The highest BCUT2D eigenvalue weighted by molar-refractivity contribution is 7.99. The molecule has 0 bridgehead atoms. The zero-order chi connectivity index (χ0) is 12.5. The lowest BCUT2D eigenvalue weighted by atomic mass is 10.0. The standard InChI is InChI=1S/C8H8ClN3O2S3/c9-7-11-3-6(16-7)17(13,14)12-8(4-10)1-2-15-5-8/h3,12H,1-2,5H2. The predicted molar refractivity (Wildman–Crippen MR) is 67.7 cm³/mol. The van der Waals surface area contributed by atoms with E-state index in [2.05, 4.69) is 15.8 Å². The summed E-state index contributed by atoms with van der Waals surface area (Å²) < 4.78 is 26.7. The van der Waals surface area contributed by atoms with Crippen molar-refractivity contribution in [3.63, 3.8) is 0 Å². The molecule has 0 aromatic carbocycles. The molecule has 0 aliphatic carbocycles. The fourth-order valence-electron chi connectivity index (χ4n) is 1.43. The van der Waals surface area contributed by atoms with Crippen LogP contribution in [-0.2, 0) is 10.0 Å². The van der Waals surface area contributed by atoms with Crippen LogP contribution >= 0.6 is 34.7 Å². The molecule has 1 N–H and O–H groups in total. The fraction of sp³-hybridized carbons (Fsp3) is 0.500. The second kappa shape index (κ2) is 4.74. The highest BCUT2D eigenvalue weighted by Crippen LogP contribution is 2.30. The molecule has 2 heterocycles. The Kier molecular flexibility index (Phi) is 3.66. The summed E-state index contributed by atoms with van der Waals surface area (Å²) in [5.74, 6) is 1.24. The quantitative estimate of drug-likeness (QED) is 0.914. The minimum absolute atomic E-state index is 0.0361. The average molecular weight is 310 g/mol. The largest absolute Gasteiger partial charge is 0.253 e. The van der Waals surface area contributed by atoms with Crippen LogP contribution in [0.25, 0.3) is 0 Å². The van der Waals surface area contributed by atoms with Gasteiger partial charge in [-0.25, -0.2) is 13.4 Å². The van der Waals surface area contributed by atoms with Gasteiger partial charge in [-0.2, -0.15) is 21.7 Å². The fourth-order valence-corrected chi connectivity index (χ4v) is 5.42. The van der Waals surface area contributed by atoms with Crippen molar-refractivity contribution >= 4 is 44.7 Å². The molecule has 2 rings (SSSR count). The van der Waals surface area contributed by atoms with Gasteiger partial charge in [-0.15, -0.1) is 0 Å². The van der Waals surface area contributed by atoms with Crippen molar-refractivity contribution in [3.05, 3.63) is 10.7 Å². The third kappa shape index (κ3) is 2.74. The Hall–Kier alpha value is -0.330. The molecule has 1 aliphatic heterocycles. The third-order valence-corrected chi connectivity index (χ3v) is 6.59. The maximum Gasteiger partial charge on any atom is 0.253 e. The first-order chi connectivity index (χ1) is 7.97. The summed E-state index contributed by atoms with van der Waals surface area (Å²) in [5, 5.41) is 9.10. The molecule has 0 saturated carbocycles. The SMILES string of the molecule is N#CC1(NS(=O)(=O)c2cnc(Cl)s2)CCSC1. The summed E-state index contributed by atoms with van der Waals surface area (Å²) >= 11 is 8.03. The second-order valence-electron chi connectivity index (χ2n) is 3.53. The Morgan fingerprint density at radius 3 is 2.88 bits per heavy atom. The number of aromatic nitrogens is 1. The molecule has 1 unspecified atom stereocenters. The summed E-state index contributed by atoms with van der Waals surface area (Å²) in [4.78, 5) is 3.68. The monoisotopic (exact) mass is 309 g/mol. The molecule has 1 saturated heterocycles. The Morgan fingerprint density at radius 1 is 1.65 bits per heavy atom. The van der Waals surface area contributed by atoms with E-state index in [0.717, 1.165) is 17.1 Å². The normalized spacial score (nSPS) is 24.7. The number of nitrogens with one attached hydrogen (secondary N) is 1. The van der Waals surface area contributed by atoms with Gasteiger partial charge in [0.25, 0.3) is 10.0 Å². The molecule has 17 heavy (non-hydrogen) atoms. The Morgan fingerprint density at radius 2 is 2.41 bits per heavy atom. The molecule has 0 amide bonds. The van der Waals surface area contributed by atoms with Crippen LogP contribution in [-0.4, -0.2) is 30.4 Å². The van der Waals surface area contributed by atoms with E-state index in [1.807, 2.05) is 0 Å². The van der Waals surface area contributed by atoms with E-state index >= 15 is 0 Å². The van der Waals surface area contributed by atoms with Crippen LogP contribution in [0.5, 0.6) is 0 Å². The molecule has 92 valence electrons. The van der Waals surface area contributed by atoms with Crippen molar-refractivity contribution in [2.24, 2.45) is 0 Å². The molecule has 1 fully saturated rings. The van der Waals surface area contributed by atoms with E-state index in [4.69, 9.17) is 16.9 Å². The molecule has 1 atom stereocenters. The molecule has 1 aromatic rings. The van der Waals surface area contributed by atoms with Crippen molar-refractivity contribution in [2.75, 3.05) is 11.5 Å². The van der Waals surface area contributed by atoms with Crippen molar-refractivity contribution in [2.45, 2.75) is 16.2 Å². The summed E-state index contributed by atoms with van der Waals surface area (Å²) in [6, 6.07) is 2.05. The first-order valence-electron chi connectivity index (χ1n) is 4.62. The zero-order valence-corrected chi connectivity index (χ0v) is 11.7. The van der Waals surface area contributed by atoms with Crippen molar-refractivity contribution in [3.8, 4) is 6.07 Å². The maximum absolute atomic E-state index is 12.0. The summed E-state index contributed by atoms with van der Waals surface area (Å²) in [7, 11) is -3.71. The molecule has 0 radical (unpaired) electrons. The minimum atomic E-state index is -3.71. The smallest absolute Gasteiger partial charge is 0.232 e. The lowest BCUT2D eigenvalue weighted by Gasteiger charge is -2.20. The molecule has 9 heteroatoms. The summed E-state index contributed by atoms with van der Waals surface area (Å²) in [6.45, 7) is 0. The Balaban J connectivity index is 2.26. The Bertz CT molecular complexity index is 557. The van der Waals surface area contributed by atoms with E-state index in [-0.39, 0.29) is 8.68 Å². The number of sulfonamides is 1. The van der Waals surface area contributed by atoms with E-state index in [0.29, 0.717) is 12.2 Å². The lowest BCUT2D eigenvalue weighted by molar-refractivity contribution is 0.516. The van der Waals surface area contributed by atoms with Gasteiger partial charge in [-0.3, -0.25) is 0 Å². The second-order valence-corrected chi connectivity index (χ2v) is 8.16. The lowest BCUT2D eigenvalue weighted by Crippen LogP contribution is -2.47. The van der Waals surface area contributed by atoms with Gasteiger partial charge in [0.15, 0.2) is 8.68 Å². The van der Waals surface area contributed by atoms with Gasteiger partial charge >= 0.3 is 0 Å². The van der Waals surface area contributed by atoms with E-state index in [1.165, 1.54) is 6.20 Å². The van der Waals surface area contributed by atoms with Crippen molar-refractivity contribution < 1.29 is 8.42 Å². The van der Waals surface area contributed by atoms with Crippen molar-refractivity contribution in [1.82, 2.24) is 9.71 Å². The maximum atomic E-state index is 12.0. The number of rotatable bonds is 3. The van der Waals surface area contributed by atoms with Gasteiger partial charge in [0.2, 0.25) is 0 Å². The first-order valence-corrected chi connectivity index (χ1v) is 8.45. The number of nitrogens with zero attached hydrogens (tertiary/aromatic N) is 2. The number of thiazole rings is 1. The van der Waals surface area contributed by atoms with Crippen molar-refractivity contribution in [1.29, 1.82) is 5.26 Å². The average Bonchev–Trinajstić information content (AvgIpc) is 2.87. The van der Waals surface area contributed by atoms with Gasteiger partial charge in [-0.05, 0) is 12.2 Å². The Labute approximate surface area is 112 Å². The van der Waals surface area contributed by atoms with E-state index < -0.39 is 15.6 Å². The molecule has 5 nitrogen and oxygen atoms in total. The zero-order valence-electron chi connectivity index (χ0n) is 8.51. The van der Waals surface area contributed by atoms with Crippen LogP contribution in [0.1, 0.15) is 6.42 Å². The highest BCUT2D eigenvalue weighted by Gasteiger charge is 2.39. The number of halogens is 1. The number of hydrogen-bond donors (Lipinski definition) is 1. The van der Waals surface area contributed by atoms with Crippen LogP contribution in [0.3, 0.4) is 0 Å². The van der Waals surface area contributed by atoms with Gasteiger partial charge in [-0.1, -0.05) is 22.9 Å². The minimum Gasteiger partial charge on any atom is -0.232 e. The van der Waals surface area contributed by atoms with E-state index in [1.54, 1.807) is 11.8 Å². The van der Waals surface area contributed by atoms with Crippen LogP contribution in [0.4, 0.5) is 0 Å². The van der Waals surface area contributed by atoms with Gasteiger partial charge in [0.05, 0.1) is 12.3 Å². The first kappa shape index (κ1) is 13.1. The number of nitriles is 1. The predicted octanol–water partition coefficient (Wildman–Crippen LogP) is 1.47. The van der Waals surface area contributed by atoms with Crippen LogP contribution < -0.4 is 4.72 Å². The van der Waals surface area contributed by atoms with Gasteiger partial charge < -0.3 is 0 Å². The third-order valence-electron chi connectivity index (χ3n) is 2.29. The van der Waals surface area contributed by atoms with Crippen LogP contribution in [0.15, 0.2) is 10.4 Å². The summed E-state index contributed by atoms with van der Waals surface area (Å²) in [6.07, 6.45) is 1.71. The van der Waals surface area contributed by atoms with Gasteiger partial charge in [0.1, 0.15) is 5.54 Å².